The fourth-order valence-electron chi connectivity index (χ4n) is 3.80. The molecule has 3 rings (SSSR count). The van der Waals surface area contributed by atoms with Crippen LogP contribution in [-0.4, -0.2) is 42.9 Å². The molecule has 8 heteroatoms. The quantitative estimate of drug-likeness (QED) is 0.763. The highest BCUT2D eigenvalue weighted by Gasteiger charge is 2.38. The van der Waals surface area contributed by atoms with E-state index in [0.29, 0.717) is 25.1 Å². The molecule has 7 nitrogen and oxygen atoms in total. The van der Waals surface area contributed by atoms with Crippen molar-refractivity contribution in [2.75, 3.05) is 18.0 Å². The Morgan fingerprint density at radius 2 is 1.93 bits per heavy atom. The predicted molar refractivity (Wildman–Crippen MR) is 107 cm³/mol. The van der Waals surface area contributed by atoms with Crippen LogP contribution in [0.5, 0.6) is 0 Å². The Labute approximate surface area is 166 Å². The van der Waals surface area contributed by atoms with E-state index in [-0.39, 0.29) is 35.1 Å². The maximum atomic E-state index is 13.3. The van der Waals surface area contributed by atoms with Crippen molar-refractivity contribution >= 4 is 21.6 Å². The van der Waals surface area contributed by atoms with Crippen molar-refractivity contribution in [1.82, 2.24) is 9.46 Å². The van der Waals surface area contributed by atoms with Crippen LogP contribution in [-0.2, 0) is 14.8 Å². The number of sulfonamides is 1. The molecular weight excluding hydrogens is 378 g/mol. The van der Waals surface area contributed by atoms with Crippen molar-refractivity contribution in [2.24, 2.45) is 5.92 Å². The van der Waals surface area contributed by atoms with Crippen molar-refractivity contribution in [1.29, 1.82) is 0 Å². The molecule has 0 spiro atoms. The van der Waals surface area contributed by atoms with Crippen molar-refractivity contribution in [3.8, 4) is 0 Å². The molecule has 0 radical (unpaired) electrons. The third-order valence-electron chi connectivity index (χ3n) is 5.09. The molecule has 2 heterocycles. The number of anilines is 1. The number of carbonyl (C=O) groups is 1. The Kier molecular flexibility index (Phi) is 5.90. The van der Waals surface area contributed by atoms with Gasteiger partial charge in [0.1, 0.15) is 10.6 Å². The van der Waals surface area contributed by atoms with Gasteiger partial charge in [-0.3, -0.25) is 4.79 Å². The first-order valence-corrected chi connectivity index (χ1v) is 11.0. The zero-order valence-electron chi connectivity index (χ0n) is 16.8. The highest BCUT2D eigenvalue weighted by atomic mass is 32.2. The van der Waals surface area contributed by atoms with Crippen LogP contribution in [0, 0.1) is 19.8 Å². The van der Waals surface area contributed by atoms with Gasteiger partial charge in [-0.05, 0) is 52.7 Å². The molecular formula is C20H27N3O4S. The first kappa shape index (κ1) is 20.5. The van der Waals surface area contributed by atoms with E-state index in [1.807, 2.05) is 44.2 Å². The smallest absolute Gasteiger partial charge is 0.248 e. The van der Waals surface area contributed by atoms with Crippen molar-refractivity contribution in [3.05, 3.63) is 41.8 Å². The number of hydrogen-bond donors (Lipinski definition) is 0. The molecule has 28 heavy (non-hydrogen) atoms. The number of piperidine rings is 1. The highest BCUT2D eigenvalue weighted by molar-refractivity contribution is 7.89. The molecule has 0 N–H and O–H groups in total. The molecule has 0 aliphatic carbocycles. The van der Waals surface area contributed by atoms with Gasteiger partial charge in [0, 0.05) is 24.8 Å². The lowest BCUT2D eigenvalue weighted by molar-refractivity contribution is -0.123. The summed E-state index contributed by atoms with van der Waals surface area (Å²) in [5, 5.41) is 3.77. The molecule has 1 aliphatic rings. The standard InChI is InChI=1S/C20H27N3O4S/c1-14(2)23(18-10-6-5-7-11-18)20(24)17-9-8-12-22(13-17)28(25,26)19-15(3)21-27-16(19)4/h5-7,10-11,14,17H,8-9,12-13H2,1-4H3/t17-/m1/s1. The summed E-state index contributed by atoms with van der Waals surface area (Å²) < 4.78 is 32.7. The number of benzene rings is 1. The summed E-state index contributed by atoms with van der Waals surface area (Å²) in [5.41, 5.74) is 1.17. The second-order valence-electron chi connectivity index (χ2n) is 7.49. The summed E-state index contributed by atoms with van der Waals surface area (Å²) in [6.07, 6.45) is 1.31. The van der Waals surface area contributed by atoms with Crippen LogP contribution in [0.4, 0.5) is 5.69 Å². The van der Waals surface area contributed by atoms with Gasteiger partial charge in [-0.2, -0.15) is 4.31 Å². The van der Waals surface area contributed by atoms with E-state index in [4.69, 9.17) is 4.52 Å². The fourth-order valence-corrected chi connectivity index (χ4v) is 5.61. The zero-order chi connectivity index (χ0) is 20.5. The molecule has 0 saturated carbocycles. The molecule has 1 fully saturated rings. The number of hydrogen-bond acceptors (Lipinski definition) is 5. The average molecular weight is 406 g/mol. The maximum Gasteiger partial charge on any atom is 0.248 e. The molecule has 1 aromatic heterocycles. The van der Waals surface area contributed by atoms with Crippen LogP contribution in [0.15, 0.2) is 39.8 Å². The van der Waals surface area contributed by atoms with Gasteiger partial charge < -0.3 is 9.42 Å². The van der Waals surface area contributed by atoms with Gasteiger partial charge in [-0.1, -0.05) is 23.4 Å². The number of para-hydroxylation sites is 1. The topological polar surface area (TPSA) is 83.7 Å². The molecule has 2 aromatic rings. The van der Waals surface area contributed by atoms with Gasteiger partial charge in [0.05, 0.1) is 5.92 Å². The van der Waals surface area contributed by atoms with E-state index in [1.165, 1.54) is 4.31 Å². The van der Waals surface area contributed by atoms with Crippen molar-refractivity contribution in [2.45, 2.75) is 51.5 Å². The van der Waals surface area contributed by atoms with E-state index in [9.17, 15) is 13.2 Å². The third kappa shape index (κ3) is 3.84. The first-order valence-electron chi connectivity index (χ1n) is 9.54. The molecule has 1 aromatic carbocycles. The van der Waals surface area contributed by atoms with Crippen LogP contribution in [0.1, 0.15) is 38.1 Å². The van der Waals surface area contributed by atoms with Crippen molar-refractivity contribution in [3.63, 3.8) is 0 Å². The molecule has 1 atom stereocenters. The minimum Gasteiger partial charge on any atom is -0.360 e. The zero-order valence-corrected chi connectivity index (χ0v) is 17.6. The van der Waals surface area contributed by atoms with Crippen LogP contribution in [0.3, 0.4) is 0 Å². The lowest BCUT2D eigenvalue weighted by atomic mass is 9.97. The largest absolute Gasteiger partial charge is 0.360 e. The Bertz CT molecular complexity index is 918. The molecule has 152 valence electrons. The molecule has 1 amide bonds. The number of aromatic nitrogens is 1. The highest BCUT2D eigenvalue weighted by Crippen LogP contribution is 2.30. The van der Waals surface area contributed by atoms with Crippen LogP contribution < -0.4 is 4.90 Å². The number of aryl methyl sites for hydroxylation is 2. The SMILES string of the molecule is Cc1noc(C)c1S(=O)(=O)N1CCC[C@@H](C(=O)N(c2ccccc2)C(C)C)C1. The minimum absolute atomic E-state index is 0.0237. The monoisotopic (exact) mass is 405 g/mol. The van der Waals surface area contributed by atoms with Gasteiger partial charge >= 0.3 is 0 Å². The summed E-state index contributed by atoms with van der Waals surface area (Å²) in [6, 6.07) is 9.48. The molecule has 1 saturated heterocycles. The lowest BCUT2D eigenvalue weighted by Gasteiger charge is -2.36. The first-order chi connectivity index (χ1) is 13.2. The fraction of sp³-hybridized carbons (Fsp3) is 0.500. The normalized spacial score (nSPS) is 18.4. The van der Waals surface area contributed by atoms with E-state index in [1.54, 1.807) is 18.7 Å². The van der Waals surface area contributed by atoms with Gasteiger partial charge in [-0.15, -0.1) is 0 Å². The molecule has 0 unspecified atom stereocenters. The Balaban J connectivity index is 1.85. The molecule has 0 bridgehead atoms. The Morgan fingerprint density at radius 3 is 2.50 bits per heavy atom. The van der Waals surface area contributed by atoms with Gasteiger partial charge in [-0.25, -0.2) is 8.42 Å². The summed E-state index contributed by atoms with van der Waals surface area (Å²) >= 11 is 0. The van der Waals surface area contributed by atoms with Crippen LogP contribution in [0.2, 0.25) is 0 Å². The van der Waals surface area contributed by atoms with Crippen LogP contribution >= 0.6 is 0 Å². The minimum atomic E-state index is -3.75. The third-order valence-corrected chi connectivity index (χ3v) is 7.20. The Hall–Kier alpha value is -2.19. The maximum absolute atomic E-state index is 13.3. The second kappa shape index (κ2) is 8.05. The van der Waals surface area contributed by atoms with E-state index in [0.717, 1.165) is 5.69 Å². The number of amides is 1. The second-order valence-corrected chi connectivity index (χ2v) is 9.37. The van der Waals surface area contributed by atoms with Gasteiger partial charge in [0.2, 0.25) is 15.9 Å². The van der Waals surface area contributed by atoms with E-state index in [2.05, 4.69) is 5.16 Å². The molecule has 1 aliphatic heterocycles. The predicted octanol–water partition coefficient (Wildman–Crippen LogP) is 3.13. The number of rotatable bonds is 5. The summed E-state index contributed by atoms with van der Waals surface area (Å²) in [7, 11) is -3.75. The number of carbonyl (C=O) groups excluding carboxylic acids is 1. The van der Waals surface area contributed by atoms with Gasteiger partial charge in [0.25, 0.3) is 0 Å². The lowest BCUT2D eigenvalue weighted by Crippen LogP contribution is -2.48. The average Bonchev–Trinajstić information content (AvgIpc) is 3.01. The Morgan fingerprint density at radius 1 is 1.25 bits per heavy atom. The van der Waals surface area contributed by atoms with E-state index >= 15 is 0 Å². The van der Waals surface area contributed by atoms with E-state index < -0.39 is 10.0 Å². The summed E-state index contributed by atoms with van der Waals surface area (Å²) in [4.78, 5) is 15.2. The summed E-state index contributed by atoms with van der Waals surface area (Å²) in [6.45, 7) is 7.70. The van der Waals surface area contributed by atoms with Crippen LogP contribution in [0.25, 0.3) is 0 Å². The van der Waals surface area contributed by atoms with Crippen molar-refractivity contribution < 1.29 is 17.7 Å². The number of nitrogens with zero attached hydrogens (tertiary/aromatic N) is 3. The summed E-state index contributed by atoms with van der Waals surface area (Å²) in [5.74, 6) is -0.148. The van der Waals surface area contributed by atoms with Gasteiger partial charge in [0.15, 0.2) is 5.76 Å².